The van der Waals surface area contributed by atoms with Crippen LogP contribution in [0.25, 0.3) is 32.3 Å². The van der Waals surface area contributed by atoms with Gasteiger partial charge < -0.3 is 0 Å². The van der Waals surface area contributed by atoms with Gasteiger partial charge in [-0.1, -0.05) is 42.5 Å². The molecule has 0 saturated carbocycles. The van der Waals surface area contributed by atoms with Crippen LogP contribution in [0, 0.1) is 3.57 Å². The van der Waals surface area contributed by atoms with E-state index >= 15 is 0 Å². The van der Waals surface area contributed by atoms with E-state index < -0.39 is 0 Å². The van der Waals surface area contributed by atoms with Gasteiger partial charge in [0.25, 0.3) is 0 Å². The first-order chi connectivity index (χ1) is 8.75. The highest BCUT2D eigenvalue weighted by molar-refractivity contribution is 14.1. The Morgan fingerprint density at radius 1 is 0.778 bits per heavy atom. The van der Waals surface area contributed by atoms with Crippen molar-refractivity contribution in [1.82, 2.24) is 0 Å². The summed E-state index contributed by atoms with van der Waals surface area (Å²) >= 11 is 6.07. The van der Waals surface area contributed by atoms with Gasteiger partial charge in [-0.25, -0.2) is 0 Å². The molecule has 0 fully saturated rings. The minimum Gasteiger partial charge on any atom is -0.0610 e. The predicted molar refractivity (Wildman–Crippen MR) is 90.6 cm³/mol. The molecule has 18 heavy (non-hydrogen) atoms. The highest BCUT2D eigenvalue weighted by Gasteiger charge is 2.11. The number of rotatable bonds is 0. The number of hydrogen-bond acceptors (Lipinski definition) is 0. The highest BCUT2D eigenvalue weighted by Crippen LogP contribution is 2.39. The molecule has 0 nitrogen and oxygen atoms in total. The van der Waals surface area contributed by atoms with E-state index in [4.69, 9.17) is 0 Å². The van der Waals surface area contributed by atoms with Crippen LogP contribution in [-0.4, -0.2) is 0 Å². The Bertz CT molecular complexity index is 880. The van der Waals surface area contributed by atoms with Crippen LogP contribution in [0.1, 0.15) is 0 Å². The molecule has 0 aliphatic rings. The molecule has 0 heterocycles. The molecular formula is C16H8BrI. The Hall–Kier alpha value is -0.870. The number of hydrogen-bond donors (Lipinski definition) is 0. The Morgan fingerprint density at radius 3 is 2.22 bits per heavy atom. The van der Waals surface area contributed by atoms with Gasteiger partial charge in [-0.15, -0.1) is 0 Å². The summed E-state index contributed by atoms with van der Waals surface area (Å²) in [6, 6.07) is 17.6. The molecule has 4 rings (SSSR count). The largest absolute Gasteiger partial charge is 0.0610 e. The molecule has 4 aromatic carbocycles. The maximum Gasteiger partial charge on any atom is 0.0351 e. The van der Waals surface area contributed by atoms with Crippen LogP contribution in [0.3, 0.4) is 0 Å². The van der Waals surface area contributed by atoms with E-state index in [1.807, 2.05) is 0 Å². The van der Waals surface area contributed by atoms with E-state index in [0.717, 1.165) is 0 Å². The molecule has 0 radical (unpaired) electrons. The zero-order valence-corrected chi connectivity index (χ0v) is 13.1. The van der Waals surface area contributed by atoms with Crippen LogP contribution >= 0.6 is 38.5 Å². The summed E-state index contributed by atoms with van der Waals surface area (Å²) < 4.78 is 2.47. The normalized spacial score (nSPS) is 11.9. The lowest BCUT2D eigenvalue weighted by atomic mass is 9.94. The van der Waals surface area contributed by atoms with Crippen LogP contribution in [-0.2, 0) is 0 Å². The molecule has 0 N–H and O–H groups in total. The van der Waals surface area contributed by atoms with Gasteiger partial charge in [-0.2, -0.15) is 0 Å². The molecule has 2 heteroatoms. The summed E-state index contributed by atoms with van der Waals surface area (Å²) in [6.45, 7) is 0. The standard InChI is InChI=1S/C16H8BrI/c17-13-8-11-5-4-9-2-1-3-10-6-7-12(16(13)18)15(11)14(9)10/h1-8H. The maximum atomic E-state index is 3.65. The van der Waals surface area contributed by atoms with E-state index in [-0.39, 0.29) is 0 Å². The topological polar surface area (TPSA) is 0 Å². The van der Waals surface area contributed by atoms with Gasteiger partial charge in [0.05, 0.1) is 0 Å². The van der Waals surface area contributed by atoms with Crippen LogP contribution in [0.2, 0.25) is 0 Å². The van der Waals surface area contributed by atoms with Crippen LogP contribution in [0.4, 0.5) is 0 Å². The summed E-state index contributed by atoms with van der Waals surface area (Å²) in [6.07, 6.45) is 0. The summed E-state index contributed by atoms with van der Waals surface area (Å²) in [4.78, 5) is 0. The average molecular weight is 407 g/mol. The van der Waals surface area contributed by atoms with Crippen molar-refractivity contribution in [2.45, 2.75) is 0 Å². The summed E-state index contributed by atoms with van der Waals surface area (Å²) in [5, 5.41) is 8.06. The second-order valence-electron chi connectivity index (χ2n) is 4.53. The Balaban J connectivity index is 2.46. The van der Waals surface area contributed by atoms with E-state index in [1.54, 1.807) is 0 Å². The lowest BCUT2D eigenvalue weighted by molar-refractivity contribution is 1.69. The second kappa shape index (κ2) is 3.81. The van der Waals surface area contributed by atoms with Gasteiger partial charge in [0.1, 0.15) is 0 Å². The monoisotopic (exact) mass is 406 g/mol. The molecule has 0 aromatic heterocycles. The molecule has 0 atom stereocenters. The zero-order chi connectivity index (χ0) is 12.3. The summed E-state index contributed by atoms with van der Waals surface area (Å²) in [7, 11) is 0. The Morgan fingerprint density at radius 2 is 1.44 bits per heavy atom. The van der Waals surface area contributed by atoms with Gasteiger partial charge in [0, 0.05) is 8.04 Å². The fraction of sp³-hybridized carbons (Fsp3) is 0. The zero-order valence-electron chi connectivity index (χ0n) is 9.37. The first-order valence-corrected chi connectivity index (χ1v) is 7.64. The fourth-order valence-electron chi connectivity index (χ4n) is 2.74. The molecule has 86 valence electrons. The Kier molecular flexibility index (Phi) is 2.33. The van der Waals surface area contributed by atoms with Gasteiger partial charge in [-0.3, -0.25) is 0 Å². The smallest absolute Gasteiger partial charge is 0.0351 e. The summed E-state index contributed by atoms with van der Waals surface area (Å²) in [5.74, 6) is 0. The SMILES string of the molecule is Brc1cc2ccc3cccc4ccc(c1I)c2c34. The average Bonchev–Trinajstić information content (AvgIpc) is 2.40. The molecule has 0 aliphatic heterocycles. The van der Waals surface area contributed by atoms with Crippen molar-refractivity contribution in [2.24, 2.45) is 0 Å². The molecule has 0 saturated heterocycles. The number of halogens is 2. The van der Waals surface area contributed by atoms with Gasteiger partial charge >= 0.3 is 0 Å². The quantitative estimate of drug-likeness (QED) is 0.250. The van der Waals surface area contributed by atoms with E-state index in [9.17, 15) is 0 Å². The first-order valence-electron chi connectivity index (χ1n) is 5.77. The van der Waals surface area contributed by atoms with E-state index in [1.165, 1.54) is 40.4 Å². The lowest BCUT2D eigenvalue weighted by Crippen LogP contribution is -1.86. The van der Waals surface area contributed by atoms with Crippen molar-refractivity contribution in [3.05, 3.63) is 56.6 Å². The van der Waals surface area contributed by atoms with Crippen molar-refractivity contribution in [2.75, 3.05) is 0 Å². The third-order valence-electron chi connectivity index (χ3n) is 3.54. The number of benzene rings is 4. The third kappa shape index (κ3) is 1.36. The summed E-state index contributed by atoms with van der Waals surface area (Å²) in [5.41, 5.74) is 0. The van der Waals surface area contributed by atoms with Crippen molar-refractivity contribution in [3.8, 4) is 0 Å². The van der Waals surface area contributed by atoms with Gasteiger partial charge in [-0.05, 0) is 76.9 Å². The molecule has 0 spiro atoms. The Labute approximate surface area is 127 Å². The van der Waals surface area contributed by atoms with Crippen LogP contribution in [0.5, 0.6) is 0 Å². The third-order valence-corrected chi connectivity index (χ3v) is 6.07. The second-order valence-corrected chi connectivity index (χ2v) is 6.46. The predicted octanol–water partition coefficient (Wildman–Crippen LogP) is 5.95. The van der Waals surface area contributed by atoms with Crippen molar-refractivity contribution >= 4 is 70.8 Å². The molecular weight excluding hydrogens is 399 g/mol. The van der Waals surface area contributed by atoms with E-state index in [0.29, 0.717) is 0 Å². The van der Waals surface area contributed by atoms with Crippen molar-refractivity contribution in [1.29, 1.82) is 0 Å². The van der Waals surface area contributed by atoms with Crippen molar-refractivity contribution in [3.63, 3.8) is 0 Å². The molecule has 0 bridgehead atoms. The molecule has 0 aliphatic carbocycles. The van der Waals surface area contributed by atoms with Gasteiger partial charge in [0.15, 0.2) is 0 Å². The van der Waals surface area contributed by atoms with E-state index in [2.05, 4.69) is 87.1 Å². The lowest BCUT2D eigenvalue weighted by Gasteiger charge is -2.12. The molecule has 0 amide bonds. The fourth-order valence-corrected chi connectivity index (χ4v) is 3.81. The van der Waals surface area contributed by atoms with Crippen LogP contribution in [0.15, 0.2) is 53.0 Å². The minimum absolute atomic E-state index is 1.17. The van der Waals surface area contributed by atoms with Crippen LogP contribution < -0.4 is 0 Å². The molecule has 4 aromatic rings. The maximum absolute atomic E-state index is 3.65. The minimum atomic E-state index is 1.17. The first kappa shape index (κ1) is 11.0. The van der Waals surface area contributed by atoms with Crippen molar-refractivity contribution < 1.29 is 0 Å². The highest BCUT2D eigenvalue weighted by atomic mass is 127. The molecule has 0 unspecified atom stereocenters. The van der Waals surface area contributed by atoms with Gasteiger partial charge in [0.2, 0.25) is 0 Å².